The van der Waals surface area contributed by atoms with Crippen LogP contribution in [0.1, 0.15) is 25.3 Å². The summed E-state index contributed by atoms with van der Waals surface area (Å²) in [7, 11) is 0. The van der Waals surface area contributed by atoms with Crippen molar-refractivity contribution in [3.8, 4) is 11.8 Å². The van der Waals surface area contributed by atoms with E-state index in [0.717, 1.165) is 54.2 Å². The number of benzene rings is 1. The summed E-state index contributed by atoms with van der Waals surface area (Å²) in [5, 5.41) is 13.7. The molecule has 152 valence electrons. The van der Waals surface area contributed by atoms with Crippen molar-refractivity contribution in [1.29, 1.82) is 0 Å². The second-order valence-corrected chi connectivity index (χ2v) is 8.83. The Morgan fingerprint density at radius 2 is 2.10 bits per heavy atom. The Balaban J connectivity index is 1.56. The highest BCUT2D eigenvalue weighted by Crippen LogP contribution is 2.34. The van der Waals surface area contributed by atoms with Crippen molar-refractivity contribution in [2.75, 3.05) is 30.8 Å². The lowest BCUT2D eigenvalue weighted by Gasteiger charge is -2.45. The van der Waals surface area contributed by atoms with Crippen molar-refractivity contribution in [2.45, 2.75) is 36.9 Å². The van der Waals surface area contributed by atoms with Crippen molar-refractivity contribution in [2.24, 2.45) is 5.92 Å². The Morgan fingerprint density at radius 3 is 2.72 bits per heavy atom. The van der Waals surface area contributed by atoms with Crippen LogP contribution >= 0.6 is 11.8 Å². The minimum Gasteiger partial charge on any atom is -0.363 e. The number of allylic oxidation sites excluding steroid dienone is 1. The lowest BCUT2D eigenvalue weighted by molar-refractivity contribution is -0.119. The SMILES string of the molecule is C=C(C)c1ccc(N2C=C(C(=O)NC3CN4CCC3CC4)C#CC2O)c(SC)c1. The van der Waals surface area contributed by atoms with Gasteiger partial charge in [-0.1, -0.05) is 24.1 Å². The number of nitrogens with one attached hydrogen (secondary N) is 1. The summed E-state index contributed by atoms with van der Waals surface area (Å²) in [5.41, 5.74) is 3.26. The van der Waals surface area contributed by atoms with Crippen LogP contribution in [-0.4, -0.2) is 54.1 Å². The smallest absolute Gasteiger partial charge is 0.261 e. The molecule has 2 bridgehead atoms. The molecule has 2 atom stereocenters. The number of thioether (sulfide) groups is 1. The number of fused-ring (bicyclic) bond motifs is 3. The molecule has 5 rings (SSSR count). The van der Waals surface area contributed by atoms with Crippen LogP contribution in [0.15, 0.2) is 41.4 Å². The molecule has 1 aromatic carbocycles. The lowest BCUT2D eigenvalue weighted by atomic mass is 9.84. The number of amides is 1. The molecule has 5 nitrogen and oxygen atoms in total. The predicted octanol–water partition coefficient (Wildman–Crippen LogP) is 2.68. The fourth-order valence-electron chi connectivity index (χ4n) is 4.30. The van der Waals surface area contributed by atoms with Crippen LogP contribution in [0.4, 0.5) is 5.69 Å². The maximum absolute atomic E-state index is 12.9. The normalized spacial score (nSPS) is 27.7. The van der Waals surface area contributed by atoms with Crippen LogP contribution in [0.3, 0.4) is 0 Å². The number of anilines is 1. The van der Waals surface area contributed by atoms with Gasteiger partial charge in [-0.05, 0) is 68.6 Å². The van der Waals surface area contributed by atoms with Gasteiger partial charge in [0.1, 0.15) is 5.57 Å². The first-order chi connectivity index (χ1) is 14.0. The Labute approximate surface area is 176 Å². The lowest BCUT2D eigenvalue weighted by Crippen LogP contribution is -2.57. The predicted molar refractivity (Wildman–Crippen MR) is 118 cm³/mol. The number of carbonyl (C=O) groups is 1. The highest BCUT2D eigenvalue weighted by atomic mass is 32.2. The standard InChI is InChI=1S/C23H27N3O2S/c1-15(2)17-4-6-20(21(12-17)29-3)26-13-18(5-7-22(26)27)23(28)24-19-14-25-10-8-16(19)9-11-25/h4,6,12-13,16,19,22,27H,1,8-11,14H2,2-3H3,(H,24,28). The number of hydrogen-bond donors (Lipinski definition) is 2. The van der Waals surface area contributed by atoms with Crippen molar-refractivity contribution in [3.63, 3.8) is 0 Å². The number of hydrogen-bond acceptors (Lipinski definition) is 5. The van der Waals surface area contributed by atoms with Crippen LogP contribution < -0.4 is 10.2 Å². The topological polar surface area (TPSA) is 55.8 Å². The molecule has 4 heterocycles. The van der Waals surface area contributed by atoms with E-state index in [2.05, 4.69) is 34.7 Å². The summed E-state index contributed by atoms with van der Waals surface area (Å²) in [4.78, 5) is 18.0. The third-order valence-corrected chi connectivity index (χ3v) is 6.80. The third kappa shape index (κ3) is 4.09. The van der Waals surface area contributed by atoms with Gasteiger partial charge in [-0.25, -0.2) is 0 Å². The van der Waals surface area contributed by atoms with E-state index in [1.807, 2.05) is 25.3 Å². The minimum atomic E-state index is -0.982. The van der Waals surface area contributed by atoms with Crippen LogP contribution in [0.5, 0.6) is 0 Å². The van der Waals surface area contributed by atoms with Crippen molar-refractivity contribution >= 4 is 28.9 Å². The van der Waals surface area contributed by atoms with Gasteiger partial charge in [0.25, 0.3) is 5.91 Å². The van der Waals surface area contributed by atoms with Crippen molar-refractivity contribution < 1.29 is 9.90 Å². The molecule has 4 aliphatic heterocycles. The molecule has 3 fully saturated rings. The first-order valence-electron chi connectivity index (χ1n) is 10.0. The molecule has 1 amide bonds. The van der Waals surface area contributed by atoms with Crippen molar-refractivity contribution in [3.05, 3.63) is 42.1 Å². The van der Waals surface area contributed by atoms with Gasteiger partial charge in [0.15, 0.2) is 6.23 Å². The maximum atomic E-state index is 12.9. The van der Waals surface area contributed by atoms with Gasteiger partial charge in [0.05, 0.1) is 5.69 Å². The van der Waals surface area contributed by atoms with Gasteiger partial charge in [-0.2, -0.15) is 0 Å². The Bertz CT molecular complexity index is 922. The van der Waals surface area contributed by atoms with Gasteiger partial charge >= 0.3 is 0 Å². The van der Waals surface area contributed by atoms with E-state index >= 15 is 0 Å². The van der Waals surface area contributed by atoms with E-state index in [0.29, 0.717) is 11.5 Å². The number of piperidine rings is 3. The molecule has 29 heavy (non-hydrogen) atoms. The van der Waals surface area contributed by atoms with Crippen LogP contribution in [0.25, 0.3) is 5.57 Å². The molecule has 0 aromatic heterocycles. The quantitative estimate of drug-likeness (QED) is 0.579. The molecule has 3 saturated heterocycles. The fraction of sp³-hybridized carbons (Fsp3) is 0.435. The van der Waals surface area contributed by atoms with Gasteiger partial charge in [-0.3, -0.25) is 4.79 Å². The minimum absolute atomic E-state index is 0.155. The van der Waals surface area contributed by atoms with Gasteiger partial charge in [0, 0.05) is 23.7 Å². The summed E-state index contributed by atoms with van der Waals surface area (Å²) >= 11 is 1.59. The number of nitrogens with zero attached hydrogens (tertiary/aromatic N) is 2. The average Bonchev–Trinajstić information content (AvgIpc) is 2.74. The van der Waals surface area contributed by atoms with E-state index in [1.165, 1.54) is 0 Å². The summed E-state index contributed by atoms with van der Waals surface area (Å²) in [6.45, 7) is 9.16. The van der Waals surface area contributed by atoms with Gasteiger partial charge in [0.2, 0.25) is 0 Å². The molecule has 2 N–H and O–H groups in total. The molecule has 6 heteroatoms. The molecule has 1 aromatic rings. The molecule has 2 unspecified atom stereocenters. The molecule has 4 aliphatic rings. The number of aliphatic hydroxyl groups is 1. The van der Waals surface area contributed by atoms with Crippen LogP contribution in [-0.2, 0) is 4.79 Å². The number of aliphatic hydroxyl groups excluding tert-OH is 1. The summed E-state index contributed by atoms with van der Waals surface area (Å²) in [6.07, 6.45) is 4.98. The first-order valence-corrected chi connectivity index (χ1v) is 11.3. The maximum Gasteiger partial charge on any atom is 0.261 e. The van der Waals surface area contributed by atoms with E-state index in [-0.39, 0.29) is 11.9 Å². The fourth-order valence-corrected chi connectivity index (χ4v) is 4.93. The Hall–Kier alpha value is -2.20. The first kappa shape index (κ1) is 20.1. The van der Waals surface area contributed by atoms with Gasteiger partial charge < -0.3 is 20.2 Å². The second-order valence-electron chi connectivity index (χ2n) is 7.98. The van der Waals surface area contributed by atoms with E-state index in [9.17, 15) is 9.90 Å². The summed E-state index contributed by atoms with van der Waals surface area (Å²) < 4.78 is 0. The second kappa shape index (κ2) is 8.27. The molecular weight excluding hydrogens is 382 g/mol. The van der Waals surface area contributed by atoms with Crippen LogP contribution in [0, 0.1) is 17.8 Å². The van der Waals surface area contributed by atoms with E-state index in [4.69, 9.17) is 0 Å². The Morgan fingerprint density at radius 1 is 1.34 bits per heavy atom. The zero-order valence-corrected chi connectivity index (χ0v) is 17.8. The molecule has 0 aliphatic carbocycles. The molecular formula is C23H27N3O2S. The Kier molecular flexibility index (Phi) is 5.73. The zero-order chi connectivity index (χ0) is 20.5. The average molecular weight is 410 g/mol. The van der Waals surface area contributed by atoms with Crippen LogP contribution in [0.2, 0.25) is 0 Å². The summed E-state index contributed by atoms with van der Waals surface area (Å²) in [6, 6.07) is 6.17. The molecule has 0 saturated carbocycles. The highest BCUT2D eigenvalue weighted by molar-refractivity contribution is 7.98. The summed E-state index contributed by atoms with van der Waals surface area (Å²) in [5.74, 6) is 6.03. The highest BCUT2D eigenvalue weighted by Gasteiger charge is 2.35. The third-order valence-electron chi connectivity index (χ3n) is 6.04. The number of carbonyl (C=O) groups excluding carboxylic acids is 1. The zero-order valence-electron chi connectivity index (χ0n) is 16.9. The molecule has 0 radical (unpaired) electrons. The molecule has 0 spiro atoms. The van der Waals surface area contributed by atoms with E-state index < -0.39 is 6.23 Å². The van der Waals surface area contributed by atoms with E-state index in [1.54, 1.807) is 22.9 Å². The van der Waals surface area contributed by atoms with Gasteiger partial charge in [-0.15, -0.1) is 11.8 Å². The largest absolute Gasteiger partial charge is 0.363 e. The number of rotatable bonds is 5. The van der Waals surface area contributed by atoms with Crippen molar-refractivity contribution in [1.82, 2.24) is 10.2 Å². The monoisotopic (exact) mass is 409 g/mol.